The van der Waals surface area contributed by atoms with Crippen LogP contribution >= 0.6 is 0 Å². The molecule has 1 aromatic carbocycles. The summed E-state index contributed by atoms with van der Waals surface area (Å²) in [7, 11) is 1.61. The van der Waals surface area contributed by atoms with Crippen LogP contribution in [0.4, 0.5) is 23.2 Å². The fourth-order valence-electron chi connectivity index (χ4n) is 2.52. The largest absolute Gasteiger partial charge is 0.416 e. The predicted octanol–water partition coefficient (Wildman–Crippen LogP) is 4.21. The molecule has 112 valence electrons. The summed E-state index contributed by atoms with van der Waals surface area (Å²) in [5.74, 6) is -0.669. The summed E-state index contributed by atoms with van der Waals surface area (Å²) in [5, 5.41) is 2.87. The molecule has 1 aliphatic rings. The van der Waals surface area contributed by atoms with Crippen LogP contribution < -0.4 is 5.32 Å². The topological polar surface area (TPSA) is 21.3 Å². The molecule has 0 heterocycles. The summed E-state index contributed by atoms with van der Waals surface area (Å²) in [6.07, 6.45) is -1.07. The first-order chi connectivity index (χ1) is 9.40. The Morgan fingerprint density at radius 1 is 1.25 bits per heavy atom. The first kappa shape index (κ1) is 15.1. The molecule has 2 atom stereocenters. The molecular formula is C14H17F4NO. The third-order valence-corrected chi connectivity index (χ3v) is 3.61. The quantitative estimate of drug-likeness (QED) is 0.842. The fourth-order valence-corrected chi connectivity index (χ4v) is 2.52. The Bertz CT molecular complexity index is 461. The minimum atomic E-state index is -4.47. The van der Waals surface area contributed by atoms with Crippen LogP contribution in [0.15, 0.2) is 18.2 Å². The first-order valence-corrected chi connectivity index (χ1v) is 6.56. The van der Waals surface area contributed by atoms with E-state index in [0.717, 1.165) is 37.5 Å². The molecule has 0 amide bonds. The van der Waals surface area contributed by atoms with E-state index >= 15 is 0 Å². The molecule has 6 heteroatoms. The average molecular weight is 291 g/mol. The summed E-state index contributed by atoms with van der Waals surface area (Å²) in [6.45, 7) is 0. The Balaban J connectivity index is 2.12. The van der Waals surface area contributed by atoms with Crippen LogP contribution in [-0.4, -0.2) is 19.3 Å². The van der Waals surface area contributed by atoms with E-state index in [1.807, 2.05) is 0 Å². The van der Waals surface area contributed by atoms with Crippen LogP contribution in [-0.2, 0) is 10.9 Å². The van der Waals surface area contributed by atoms with E-state index in [2.05, 4.69) is 5.32 Å². The number of benzene rings is 1. The number of hydrogen-bond donors (Lipinski definition) is 1. The number of halogens is 4. The number of rotatable bonds is 3. The van der Waals surface area contributed by atoms with E-state index in [1.54, 1.807) is 7.11 Å². The molecule has 2 nitrogen and oxygen atoms in total. The molecule has 0 aliphatic heterocycles. The maximum absolute atomic E-state index is 13.6. The zero-order chi connectivity index (χ0) is 14.8. The number of nitrogens with one attached hydrogen (secondary N) is 1. The number of methoxy groups -OCH3 is 1. The van der Waals surface area contributed by atoms with Crippen molar-refractivity contribution in [2.75, 3.05) is 12.4 Å². The van der Waals surface area contributed by atoms with E-state index in [4.69, 9.17) is 4.74 Å². The van der Waals surface area contributed by atoms with Crippen LogP contribution in [0.25, 0.3) is 0 Å². The van der Waals surface area contributed by atoms with Crippen LogP contribution in [0.1, 0.15) is 31.2 Å². The predicted molar refractivity (Wildman–Crippen MR) is 68.1 cm³/mol. The molecule has 0 radical (unpaired) electrons. The van der Waals surface area contributed by atoms with Gasteiger partial charge in [0.05, 0.1) is 17.4 Å². The van der Waals surface area contributed by atoms with E-state index in [0.29, 0.717) is 6.42 Å². The van der Waals surface area contributed by atoms with Crippen molar-refractivity contribution in [2.45, 2.75) is 44.0 Å². The number of hydrogen-bond acceptors (Lipinski definition) is 2. The van der Waals surface area contributed by atoms with E-state index in [1.165, 1.54) is 0 Å². The molecule has 0 spiro atoms. The van der Waals surface area contributed by atoms with Gasteiger partial charge in [-0.2, -0.15) is 13.2 Å². The Hall–Kier alpha value is -1.30. The van der Waals surface area contributed by atoms with Crippen molar-refractivity contribution in [3.8, 4) is 0 Å². The first-order valence-electron chi connectivity index (χ1n) is 6.56. The van der Waals surface area contributed by atoms with Crippen molar-refractivity contribution < 1.29 is 22.3 Å². The van der Waals surface area contributed by atoms with E-state index in [-0.39, 0.29) is 17.8 Å². The lowest BCUT2D eigenvalue weighted by Crippen LogP contribution is -2.31. The fraction of sp³-hybridized carbons (Fsp3) is 0.571. The van der Waals surface area contributed by atoms with Gasteiger partial charge in [-0.3, -0.25) is 0 Å². The van der Waals surface area contributed by atoms with Crippen molar-refractivity contribution in [3.05, 3.63) is 29.6 Å². The average Bonchev–Trinajstić information content (AvgIpc) is 2.40. The van der Waals surface area contributed by atoms with Crippen molar-refractivity contribution in [1.82, 2.24) is 0 Å². The molecule has 1 fully saturated rings. The normalized spacial score (nSPS) is 23.6. The molecule has 0 saturated heterocycles. The van der Waals surface area contributed by atoms with Gasteiger partial charge in [0.15, 0.2) is 0 Å². The van der Waals surface area contributed by atoms with Crippen LogP contribution in [0.3, 0.4) is 0 Å². The standard InChI is InChI=1S/C14H17F4NO/c1-20-11-4-2-3-10(8-11)19-13-7-9(14(16,17)18)5-6-12(13)15/h5-7,10-11,19H,2-4,8H2,1H3. The van der Waals surface area contributed by atoms with E-state index < -0.39 is 17.6 Å². The van der Waals surface area contributed by atoms with Crippen molar-refractivity contribution in [2.24, 2.45) is 0 Å². The number of alkyl halides is 3. The molecule has 20 heavy (non-hydrogen) atoms. The smallest absolute Gasteiger partial charge is 0.381 e. The highest BCUT2D eigenvalue weighted by molar-refractivity contribution is 5.48. The van der Waals surface area contributed by atoms with Gasteiger partial charge in [-0.25, -0.2) is 4.39 Å². The summed E-state index contributed by atoms with van der Waals surface area (Å²) < 4.78 is 56.8. The number of anilines is 1. The monoisotopic (exact) mass is 291 g/mol. The van der Waals surface area contributed by atoms with Gasteiger partial charge in [0, 0.05) is 13.2 Å². The Kier molecular flexibility index (Phi) is 4.52. The summed E-state index contributed by atoms with van der Waals surface area (Å²) in [5.41, 5.74) is -0.943. The lowest BCUT2D eigenvalue weighted by atomic mass is 9.92. The van der Waals surface area contributed by atoms with Crippen molar-refractivity contribution >= 4 is 5.69 Å². The molecule has 1 aromatic rings. The van der Waals surface area contributed by atoms with Crippen molar-refractivity contribution in [3.63, 3.8) is 0 Å². The summed E-state index contributed by atoms with van der Waals surface area (Å²) >= 11 is 0. The van der Waals surface area contributed by atoms with Gasteiger partial charge < -0.3 is 10.1 Å². The van der Waals surface area contributed by atoms with Crippen LogP contribution in [0.2, 0.25) is 0 Å². The summed E-state index contributed by atoms with van der Waals surface area (Å²) in [6, 6.07) is 2.36. The second-order valence-corrected chi connectivity index (χ2v) is 5.06. The van der Waals surface area contributed by atoms with Gasteiger partial charge in [-0.15, -0.1) is 0 Å². The SMILES string of the molecule is COC1CCCC(Nc2cc(C(F)(F)F)ccc2F)C1. The second-order valence-electron chi connectivity index (χ2n) is 5.06. The maximum atomic E-state index is 13.6. The molecule has 0 bridgehead atoms. The molecule has 1 aliphatic carbocycles. The van der Waals surface area contributed by atoms with Crippen LogP contribution in [0.5, 0.6) is 0 Å². The Morgan fingerprint density at radius 3 is 2.65 bits per heavy atom. The minimum Gasteiger partial charge on any atom is -0.381 e. The molecule has 2 unspecified atom stereocenters. The Labute approximate surface area is 115 Å². The zero-order valence-electron chi connectivity index (χ0n) is 11.1. The molecular weight excluding hydrogens is 274 g/mol. The molecule has 2 rings (SSSR count). The van der Waals surface area contributed by atoms with Gasteiger partial charge in [0.1, 0.15) is 5.82 Å². The van der Waals surface area contributed by atoms with Crippen molar-refractivity contribution in [1.29, 1.82) is 0 Å². The molecule has 1 saturated carbocycles. The van der Waals surface area contributed by atoms with Gasteiger partial charge in [-0.1, -0.05) is 0 Å². The summed E-state index contributed by atoms with van der Waals surface area (Å²) in [4.78, 5) is 0. The lowest BCUT2D eigenvalue weighted by molar-refractivity contribution is -0.137. The second kappa shape index (κ2) is 5.99. The maximum Gasteiger partial charge on any atom is 0.416 e. The number of ether oxygens (including phenoxy) is 1. The molecule has 0 aromatic heterocycles. The highest BCUT2D eigenvalue weighted by Crippen LogP contribution is 2.33. The van der Waals surface area contributed by atoms with Gasteiger partial charge >= 0.3 is 6.18 Å². The third-order valence-electron chi connectivity index (χ3n) is 3.61. The molecule has 1 N–H and O–H groups in total. The lowest BCUT2D eigenvalue weighted by Gasteiger charge is -2.29. The highest BCUT2D eigenvalue weighted by Gasteiger charge is 2.31. The van der Waals surface area contributed by atoms with Gasteiger partial charge in [0.2, 0.25) is 0 Å². The zero-order valence-corrected chi connectivity index (χ0v) is 11.1. The van der Waals surface area contributed by atoms with Crippen LogP contribution in [0, 0.1) is 5.82 Å². The van der Waals surface area contributed by atoms with Gasteiger partial charge in [0.25, 0.3) is 0 Å². The minimum absolute atomic E-state index is 0.0633. The third kappa shape index (κ3) is 3.62. The Morgan fingerprint density at radius 2 is 2.00 bits per heavy atom. The van der Waals surface area contributed by atoms with E-state index in [9.17, 15) is 17.6 Å². The van der Waals surface area contributed by atoms with Gasteiger partial charge in [-0.05, 0) is 43.9 Å². The highest BCUT2D eigenvalue weighted by atomic mass is 19.4.